The standard InChI is InChI=1S/C19H16.C18H13N.C2H6/c1-12(2)16-10-8-15-7-6-13-4-3-5-14-9-11-17(16)19(15)18(13)14;1-2-8-14(9-3-1)19-17-12-6-4-10-15(17)16-11-5-7-13-18(16)19;1-2/h3-12H,1-2H3;1-13H;1-2H3. The van der Waals surface area contributed by atoms with Gasteiger partial charge in [-0.2, -0.15) is 0 Å². The zero-order valence-corrected chi connectivity index (χ0v) is 23.7. The smallest absolute Gasteiger partial charge is 0.0541 e. The van der Waals surface area contributed by atoms with E-state index >= 15 is 0 Å². The minimum Gasteiger partial charge on any atom is -0.309 e. The van der Waals surface area contributed by atoms with Crippen molar-refractivity contribution in [1.29, 1.82) is 0 Å². The Morgan fingerprint density at radius 1 is 0.425 bits per heavy atom. The Bertz CT molecular complexity index is 1970. The average molecular weight is 518 g/mol. The second-order valence-corrected chi connectivity index (χ2v) is 10.4. The first kappa shape index (κ1) is 25.6. The summed E-state index contributed by atoms with van der Waals surface area (Å²) in [6, 6.07) is 47.8. The van der Waals surface area contributed by atoms with E-state index in [1.54, 1.807) is 0 Å². The molecule has 1 heteroatoms. The van der Waals surface area contributed by atoms with E-state index in [0.717, 1.165) is 0 Å². The SMILES string of the molecule is CC.CC(C)c1ccc2ccc3cccc4ccc1c2c34.c1ccc(-n2c3ccccc3c3ccccc32)cc1. The summed E-state index contributed by atoms with van der Waals surface area (Å²) < 4.78 is 2.32. The Kier molecular flexibility index (Phi) is 6.97. The molecule has 0 N–H and O–H groups in total. The van der Waals surface area contributed by atoms with Crippen LogP contribution in [0.1, 0.15) is 39.2 Å². The lowest BCUT2D eigenvalue weighted by Gasteiger charge is -2.15. The van der Waals surface area contributed by atoms with E-state index in [4.69, 9.17) is 0 Å². The Balaban J connectivity index is 0.000000136. The zero-order chi connectivity index (χ0) is 27.6. The molecule has 0 aliphatic rings. The van der Waals surface area contributed by atoms with Crippen molar-refractivity contribution in [2.45, 2.75) is 33.6 Å². The number of fused-ring (bicyclic) bond motifs is 3. The van der Waals surface area contributed by atoms with Crippen molar-refractivity contribution in [3.8, 4) is 5.69 Å². The first-order chi connectivity index (χ1) is 19.7. The molecule has 0 spiro atoms. The molecule has 0 aliphatic carbocycles. The van der Waals surface area contributed by atoms with Crippen LogP contribution >= 0.6 is 0 Å². The molecule has 0 atom stereocenters. The number of benzene rings is 7. The van der Waals surface area contributed by atoms with Crippen molar-refractivity contribution >= 4 is 54.1 Å². The minimum atomic E-state index is 0.560. The molecule has 8 aromatic rings. The van der Waals surface area contributed by atoms with Crippen LogP contribution in [0.25, 0.3) is 59.8 Å². The van der Waals surface area contributed by atoms with Gasteiger partial charge in [-0.3, -0.25) is 0 Å². The third-order valence-corrected chi connectivity index (χ3v) is 7.78. The van der Waals surface area contributed by atoms with Gasteiger partial charge in [0.2, 0.25) is 0 Å². The third-order valence-electron chi connectivity index (χ3n) is 7.78. The lowest BCUT2D eigenvalue weighted by molar-refractivity contribution is 0.877. The van der Waals surface area contributed by atoms with Gasteiger partial charge in [-0.05, 0) is 68.1 Å². The van der Waals surface area contributed by atoms with Gasteiger partial charge >= 0.3 is 0 Å². The Labute approximate surface area is 236 Å². The third kappa shape index (κ3) is 4.28. The monoisotopic (exact) mass is 517 g/mol. The van der Waals surface area contributed by atoms with Crippen LogP contribution in [-0.2, 0) is 0 Å². The van der Waals surface area contributed by atoms with E-state index in [-0.39, 0.29) is 0 Å². The molecule has 1 heterocycles. The van der Waals surface area contributed by atoms with Gasteiger partial charge in [0.15, 0.2) is 0 Å². The van der Waals surface area contributed by atoms with Crippen LogP contribution in [0.4, 0.5) is 0 Å². The van der Waals surface area contributed by atoms with Crippen molar-refractivity contribution in [3.05, 3.63) is 139 Å². The van der Waals surface area contributed by atoms with Crippen LogP contribution in [0, 0.1) is 0 Å². The van der Waals surface area contributed by atoms with E-state index in [2.05, 4.69) is 152 Å². The number of nitrogens with zero attached hydrogens (tertiary/aromatic N) is 1. The first-order valence-corrected chi connectivity index (χ1v) is 14.4. The predicted molar refractivity (Wildman–Crippen MR) is 176 cm³/mol. The van der Waals surface area contributed by atoms with Gasteiger partial charge in [0.25, 0.3) is 0 Å². The molecular weight excluding hydrogens is 482 g/mol. The molecule has 0 unspecified atom stereocenters. The van der Waals surface area contributed by atoms with Crippen molar-refractivity contribution in [3.63, 3.8) is 0 Å². The summed E-state index contributed by atoms with van der Waals surface area (Å²) in [5, 5.41) is 10.9. The highest BCUT2D eigenvalue weighted by Gasteiger charge is 2.12. The molecule has 0 bridgehead atoms. The van der Waals surface area contributed by atoms with Crippen molar-refractivity contribution < 1.29 is 0 Å². The number of hydrogen-bond acceptors (Lipinski definition) is 0. The summed E-state index contributed by atoms with van der Waals surface area (Å²) in [6.45, 7) is 8.54. The van der Waals surface area contributed by atoms with Gasteiger partial charge in [0, 0.05) is 16.5 Å². The highest BCUT2D eigenvalue weighted by Crippen LogP contribution is 2.37. The lowest BCUT2D eigenvalue weighted by atomic mass is 9.89. The number of para-hydroxylation sites is 3. The summed E-state index contributed by atoms with van der Waals surface area (Å²) in [5.41, 5.74) is 5.18. The second-order valence-electron chi connectivity index (χ2n) is 10.4. The van der Waals surface area contributed by atoms with Crippen LogP contribution in [0.5, 0.6) is 0 Å². The summed E-state index contributed by atoms with van der Waals surface area (Å²) in [7, 11) is 0. The van der Waals surface area contributed by atoms with Crippen molar-refractivity contribution in [1.82, 2.24) is 4.57 Å². The highest BCUT2D eigenvalue weighted by atomic mass is 15.0. The Morgan fingerprint density at radius 2 is 0.925 bits per heavy atom. The molecular formula is C39H35N. The molecule has 0 radical (unpaired) electrons. The average Bonchev–Trinajstić information content (AvgIpc) is 3.36. The summed E-state index contributed by atoms with van der Waals surface area (Å²) in [4.78, 5) is 0. The second kappa shape index (κ2) is 10.9. The first-order valence-electron chi connectivity index (χ1n) is 14.4. The molecule has 0 fully saturated rings. The Morgan fingerprint density at radius 3 is 1.52 bits per heavy atom. The summed E-state index contributed by atoms with van der Waals surface area (Å²) in [6.07, 6.45) is 0. The zero-order valence-electron chi connectivity index (χ0n) is 23.7. The summed E-state index contributed by atoms with van der Waals surface area (Å²) >= 11 is 0. The predicted octanol–water partition coefficient (Wildman–Crippen LogP) is 11.5. The van der Waals surface area contributed by atoms with Crippen LogP contribution in [-0.4, -0.2) is 4.57 Å². The normalized spacial score (nSPS) is 11.2. The highest BCUT2D eigenvalue weighted by molar-refractivity contribution is 6.23. The molecule has 0 amide bonds. The quantitative estimate of drug-likeness (QED) is 0.201. The minimum absolute atomic E-state index is 0.560. The number of aromatic nitrogens is 1. The fourth-order valence-electron chi connectivity index (χ4n) is 6.04. The van der Waals surface area contributed by atoms with E-state index in [1.807, 2.05) is 13.8 Å². The molecule has 40 heavy (non-hydrogen) atoms. The van der Waals surface area contributed by atoms with Crippen LogP contribution < -0.4 is 0 Å². The van der Waals surface area contributed by atoms with Gasteiger partial charge in [-0.15, -0.1) is 0 Å². The topological polar surface area (TPSA) is 4.93 Å². The molecule has 196 valence electrons. The lowest BCUT2D eigenvalue weighted by Crippen LogP contribution is -1.92. The van der Waals surface area contributed by atoms with Gasteiger partial charge in [-0.1, -0.05) is 137 Å². The molecule has 1 nitrogen and oxygen atoms in total. The van der Waals surface area contributed by atoms with E-state index in [1.165, 1.54) is 65.4 Å². The molecule has 0 saturated carbocycles. The van der Waals surface area contributed by atoms with Gasteiger partial charge < -0.3 is 4.57 Å². The van der Waals surface area contributed by atoms with E-state index < -0.39 is 0 Å². The fraction of sp³-hybridized carbons (Fsp3) is 0.128. The van der Waals surface area contributed by atoms with E-state index in [9.17, 15) is 0 Å². The molecule has 0 saturated heterocycles. The van der Waals surface area contributed by atoms with Crippen LogP contribution in [0.15, 0.2) is 133 Å². The van der Waals surface area contributed by atoms with Gasteiger partial charge in [0.05, 0.1) is 11.0 Å². The van der Waals surface area contributed by atoms with Crippen molar-refractivity contribution in [2.24, 2.45) is 0 Å². The Hall–Kier alpha value is -4.62. The van der Waals surface area contributed by atoms with Crippen LogP contribution in [0.2, 0.25) is 0 Å². The number of rotatable bonds is 2. The van der Waals surface area contributed by atoms with Gasteiger partial charge in [-0.25, -0.2) is 0 Å². The maximum Gasteiger partial charge on any atom is 0.0541 e. The number of hydrogen-bond donors (Lipinski definition) is 0. The molecule has 0 aliphatic heterocycles. The largest absolute Gasteiger partial charge is 0.309 e. The maximum absolute atomic E-state index is 2.32. The molecule has 7 aromatic carbocycles. The van der Waals surface area contributed by atoms with Gasteiger partial charge in [0.1, 0.15) is 0 Å². The fourth-order valence-corrected chi connectivity index (χ4v) is 6.04. The van der Waals surface area contributed by atoms with E-state index in [0.29, 0.717) is 5.92 Å². The summed E-state index contributed by atoms with van der Waals surface area (Å²) in [5.74, 6) is 0.560. The molecule has 1 aromatic heterocycles. The maximum atomic E-state index is 2.32. The van der Waals surface area contributed by atoms with Crippen LogP contribution in [0.3, 0.4) is 0 Å². The van der Waals surface area contributed by atoms with Crippen molar-refractivity contribution in [2.75, 3.05) is 0 Å². The molecule has 8 rings (SSSR count).